The Hall–Kier alpha value is -1.19. The average Bonchev–Trinajstić information content (AvgIpc) is 2.63. The molecule has 10 heteroatoms. The number of alkyl halides is 3. The van der Waals surface area contributed by atoms with E-state index in [-0.39, 0.29) is 36.6 Å². The molecule has 1 N–H and O–H groups in total. The molecule has 1 aliphatic heterocycles. The van der Waals surface area contributed by atoms with Gasteiger partial charge in [0, 0.05) is 26.2 Å². The zero-order valence-electron chi connectivity index (χ0n) is 15.5. The van der Waals surface area contributed by atoms with E-state index in [1.165, 1.54) is 12.1 Å². The molecule has 1 saturated heterocycles. The first-order valence-electron chi connectivity index (χ1n) is 8.51. The Labute approximate surface area is 188 Å². The summed E-state index contributed by atoms with van der Waals surface area (Å²) in [5.41, 5.74) is 1.94. The highest BCUT2D eigenvalue weighted by Crippen LogP contribution is 2.35. The van der Waals surface area contributed by atoms with Gasteiger partial charge in [-0.2, -0.15) is 0 Å². The molecular formula is C19H22BrCl2F3N2O2. The first kappa shape index (κ1) is 25.8. The Bertz CT molecular complexity index is 773. The van der Waals surface area contributed by atoms with Crippen molar-refractivity contribution in [2.24, 2.45) is 0 Å². The third-order valence-electron chi connectivity index (χ3n) is 4.44. The van der Waals surface area contributed by atoms with Crippen LogP contribution in [0.1, 0.15) is 17.2 Å². The molecule has 2 aromatic rings. The molecule has 0 unspecified atom stereocenters. The maximum atomic E-state index is 12.4. The van der Waals surface area contributed by atoms with Crippen LogP contribution in [0, 0.1) is 0 Å². The Morgan fingerprint density at radius 3 is 2.10 bits per heavy atom. The van der Waals surface area contributed by atoms with Gasteiger partial charge in [-0.1, -0.05) is 18.2 Å². The minimum atomic E-state index is -4.69. The van der Waals surface area contributed by atoms with Crippen molar-refractivity contribution in [1.29, 1.82) is 0 Å². The van der Waals surface area contributed by atoms with Crippen LogP contribution < -0.4 is 14.8 Å². The van der Waals surface area contributed by atoms with E-state index < -0.39 is 6.36 Å². The lowest BCUT2D eigenvalue weighted by atomic mass is 9.96. The number of rotatable bonds is 5. The second-order valence-corrected chi connectivity index (χ2v) is 7.05. The van der Waals surface area contributed by atoms with E-state index in [0.717, 1.165) is 47.5 Å². The molecule has 0 amide bonds. The minimum absolute atomic E-state index is 0. The van der Waals surface area contributed by atoms with Crippen LogP contribution in [0.5, 0.6) is 11.5 Å². The number of hydrogen-bond acceptors (Lipinski definition) is 4. The summed E-state index contributed by atoms with van der Waals surface area (Å²) in [6.45, 7) is 3.41. The number of ether oxygens (including phenoxy) is 2. The summed E-state index contributed by atoms with van der Waals surface area (Å²) in [6.07, 6.45) is -4.69. The summed E-state index contributed by atoms with van der Waals surface area (Å²) in [5, 5.41) is 3.32. The fourth-order valence-corrected chi connectivity index (χ4v) is 3.82. The van der Waals surface area contributed by atoms with Crippen LogP contribution in [0.4, 0.5) is 13.2 Å². The molecule has 29 heavy (non-hydrogen) atoms. The highest BCUT2D eigenvalue weighted by Gasteiger charge is 2.31. The average molecular weight is 518 g/mol. The first-order valence-corrected chi connectivity index (χ1v) is 9.30. The van der Waals surface area contributed by atoms with Gasteiger partial charge in [-0.05, 0) is 51.3 Å². The lowest BCUT2D eigenvalue weighted by molar-refractivity contribution is -0.274. The summed E-state index contributed by atoms with van der Waals surface area (Å²) < 4.78 is 47.4. The van der Waals surface area contributed by atoms with E-state index in [4.69, 9.17) is 4.74 Å². The zero-order chi connectivity index (χ0) is 19.4. The van der Waals surface area contributed by atoms with Crippen molar-refractivity contribution in [1.82, 2.24) is 10.2 Å². The van der Waals surface area contributed by atoms with Gasteiger partial charge in [0.25, 0.3) is 0 Å². The number of halogens is 6. The van der Waals surface area contributed by atoms with Crippen molar-refractivity contribution < 1.29 is 22.6 Å². The van der Waals surface area contributed by atoms with Gasteiger partial charge in [0.15, 0.2) is 0 Å². The monoisotopic (exact) mass is 516 g/mol. The molecule has 0 aromatic heterocycles. The van der Waals surface area contributed by atoms with Crippen LogP contribution >= 0.6 is 40.7 Å². The van der Waals surface area contributed by atoms with Crippen molar-refractivity contribution in [3.8, 4) is 11.5 Å². The molecule has 3 rings (SSSR count). The lowest BCUT2D eigenvalue weighted by Crippen LogP contribution is -2.45. The topological polar surface area (TPSA) is 33.7 Å². The summed E-state index contributed by atoms with van der Waals surface area (Å²) in [5.74, 6) is 0.507. The van der Waals surface area contributed by atoms with Crippen molar-refractivity contribution in [2.75, 3.05) is 33.3 Å². The first-order chi connectivity index (χ1) is 12.9. The maximum Gasteiger partial charge on any atom is 0.573 e. The predicted octanol–water partition coefficient (Wildman–Crippen LogP) is 5.19. The smallest absolute Gasteiger partial charge is 0.496 e. The van der Waals surface area contributed by atoms with Crippen LogP contribution in [0.25, 0.3) is 0 Å². The normalized spacial score (nSPS) is 15.6. The van der Waals surface area contributed by atoms with E-state index >= 15 is 0 Å². The molecule has 162 valence electrons. The van der Waals surface area contributed by atoms with E-state index in [2.05, 4.69) is 30.9 Å². The fourth-order valence-electron chi connectivity index (χ4n) is 3.26. The van der Waals surface area contributed by atoms with Gasteiger partial charge in [0.2, 0.25) is 0 Å². The third kappa shape index (κ3) is 6.93. The van der Waals surface area contributed by atoms with Gasteiger partial charge in [-0.15, -0.1) is 38.0 Å². The number of hydrogen-bond donors (Lipinski definition) is 1. The number of nitrogens with zero attached hydrogens (tertiary/aromatic N) is 1. The van der Waals surface area contributed by atoms with Crippen molar-refractivity contribution in [2.45, 2.75) is 12.4 Å². The summed E-state index contributed by atoms with van der Waals surface area (Å²) >= 11 is 3.52. The Morgan fingerprint density at radius 2 is 1.59 bits per heavy atom. The molecule has 1 atom stereocenters. The largest absolute Gasteiger partial charge is 0.573 e. The molecule has 1 fully saturated rings. The van der Waals surface area contributed by atoms with Crippen LogP contribution in [0.3, 0.4) is 0 Å². The van der Waals surface area contributed by atoms with Gasteiger partial charge >= 0.3 is 6.36 Å². The van der Waals surface area contributed by atoms with Gasteiger partial charge in [-0.3, -0.25) is 4.90 Å². The third-order valence-corrected chi connectivity index (χ3v) is 5.06. The summed E-state index contributed by atoms with van der Waals surface area (Å²) in [7, 11) is 1.60. The highest BCUT2D eigenvalue weighted by molar-refractivity contribution is 9.10. The Kier molecular flexibility index (Phi) is 10.0. The SMILES string of the molecule is COc1ccc([C@H](c2ccc(OC(F)(F)F)cc2)N2CCNCC2)cc1Br.Cl.Cl. The van der Waals surface area contributed by atoms with Gasteiger partial charge in [0.05, 0.1) is 17.6 Å². The van der Waals surface area contributed by atoms with E-state index in [9.17, 15) is 13.2 Å². The molecule has 1 heterocycles. The second-order valence-electron chi connectivity index (χ2n) is 6.20. The second kappa shape index (κ2) is 11.3. The molecule has 0 bridgehead atoms. The molecule has 0 aliphatic carbocycles. The molecule has 4 nitrogen and oxygen atoms in total. The van der Waals surface area contributed by atoms with E-state index in [0.29, 0.717) is 0 Å². The predicted molar refractivity (Wildman–Crippen MR) is 115 cm³/mol. The fraction of sp³-hybridized carbons (Fsp3) is 0.368. The van der Waals surface area contributed by atoms with Crippen LogP contribution in [0.2, 0.25) is 0 Å². The van der Waals surface area contributed by atoms with Crippen molar-refractivity contribution in [3.63, 3.8) is 0 Å². The summed E-state index contributed by atoms with van der Waals surface area (Å²) in [4.78, 5) is 2.31. The van der Waals surface area contributed by atoms with Gasteiger partial charge in [0.1, 0.15) is 11.5 Å². The molecule has 2 aromatic carbocycles. The van der Waals surface area contributed by atoms with Gasteiger partial charge < -0.3 is 14.8 Å². The molecular weight excluding hydrogens is 496 g/mol. The number of benzene rings is 2. The standard InChI is InChI=1S/C19H20BrF3N2O2.2ClH/c1-26-17-7-4-14(12-16(17)20)18(25-10-8-24-9-11-25)13-2-5-15(6-3-13)27-19(21,22)23;;/h2-7,12,18,24H,8-11H2,1H3;2*1H/t18-;;/m0../s1. The maximum absolute atomic E-state index is 12.4. The Morgan fingerprint density at radius 1 is 1.00 bits per heavy atom. The zero-order valence-corrected chi connectivity index (χ0v) is 18.8. The Balaban J connectivity index is 0.00000210. The molecule has 1 aliphatic rings. The minimum Gasteiger partial charge on any atom is -0.496 e. The van der Waals surface area contributed by atoms with Crippen molar-refractivity contribution >= 4 is 40.7 Å². The number of piperazine rings is 1. The van der Waals surface area contributed by atoms with Gasteiger partial charge in [-0.25, -0.2) is 0 Å². The van der Waals surface area contributed by atoms with Crippen LogP contribution in [-0.2, 0) is 0 Å². The molecule has 0 radical (unpaired) electrons. The van der Waals surface area contributed by atoms with E-state index in [1.54, 1.807) is 19.2 Å². The van der Waals surface area contributed by atoms with E-state index in [1.807, 2.05) is 18.2 Å². The quantitative estimate of drug-likeness (QED) is 0.591. The molecule has 0 saturated carbocycles. The van der Waals surface area contributed by atoms with Crippen molar-refractivity contribution in [3.05, 3.63) is 58.1 Å². The highest BCUT2D eigenvalue weighted by atomic mass is 79.9. The lowest BCUT2D eigenvalue weighted by Gasteiger charge is -2.35. The number of methoxy groups -OCH3 is 1. The summed E-state index contributed by atoms with van der Waals surface area (Å²) in [6, 6.07) is 11.9. The number of nitrogens with one attached hydrogen (secondary N) is 1. The van der Waals surface area contributed by atoms with Crippen LogP contribution in [0.15, 0.2) is 46.9 Å². The van der Waals surface area contributed by atoms with Crippen LogP contribution in [-0.4, -0.2) is 44.6 Å². The molecule has 0 spiro atoms.